The third kappa shape index (κ3) is 3.78. The maximum atomic E-state index is 12.2. The van der Waals surface area contributed by atoms with Crippen molar-refractivity contribution in [3.05, 3.63) is 46.2 Å². The summed E-state index contributed by atoms with van der Waals surface area (Å²) in [6.07, 6.45) is -0.106. The monoisotopic (exact) mass is 321 g/mol. The number of aliphatic hydroxyl groups is 1. The predicted octanol–water partition coefficient (Wildman–Crippen LogP) is 2.62. The van der Waals surface area contributed by atoms with Crippen LogP contribution >= 0.6 is 11.3 Å². The summed E-state index contributed by atoms with van der Waals surface area (Å²) < 4.78 is 10.4. The average molecular weight is 321 g/mol. The van der Waals surface area contributed by atoms with Gasteiger partial charge in [-0.1, -0.05) is 12.1 Å². The number of hydrogen-bond acceptors (Lipinski definition) is 5. The first-order valence-electron chi connectivity index (χ1n) is 6.88. The van der Waals surface area contributed by atoms with Crippen molar-refractivity contribution in [1.82, 2.24) is 5.32 Å². The number of carbonyl (C=O) groups is 1. The summed E-state index contributed by atoms with van der Waals surface area (Å²) in [6.45, 7) is 0.373. The Morgan fingerprint density at radius 1 is 1.27 bits per heavy atom. The predicted molar refractivity (Wildman–Crippen MR) is 85.8 cm³/mol. The molecule has 2 rings (SSSR count). The van der Waals surface area contributed by atoms with E-state index in [0.717, 1.165) is 4.88 Å². The van der Waals surface area contributed by atoms with Crippen LogP contribution in [0.2, 0.25) is 0 Å². The lowest BCUT2D eigenvalue weighted by Crippen LogP contribution is -2.26. The summed E-state index contributed by atoms with van der Waals surface area (Å²) in [5, 5.41) is 14.7. The van der Waals surface area contributed by atoms with E-state index in [4.69, 9.17) is 9.47 Å². The number of benzene rings is 1. The summed E-state index contributed by atoms with van der Waals surface area (Å²) in [6, 6.07) is 8.91. The van der Waals surface area contributed by atoms with Gasteiger partial charge in [0.25, 0.3) is 5.91 Å². The summed E-state index contributed by atoms with van der Waals surface area (Å²) in [4.78, 5) is 13.1. The molecular weight excluding hydrogens is 302 g/mol. The van der Waals surface area contributed by atoms with E-state index in [-0.39, 0.29) is 5.91 Å². The zero-order valence-electron chi connectivity index (χ0n) is 12.5. The summed E-state index contributed by atoms with van der Waals surface area (Å²) >= 11 is 1.50. The molecule has 0 aliphatic heterocycles. The van der Waals surface area contributed by atoms with E-state index in [9.17, 15) is 9.90 Å². The molecular formula is C16H19NO4S. The molecule has 0 aliphatic carbocycles. The lowest BCUT2D eigenvalue weighted by atomic mass is 10.1. The number of hydrogen-bond donors (Lipinski definition) is 2. The van der Waals surface area contributed by atoms with Gasteiger partial charge in [-0.2, -0.15) is 0 Å². The first-order valence-corrected chi connectivity index (χ1v) is 7.76. The molecule has 0 radical (unpaired) electrons. The number of nitrogens with one attached hydrogen (secondary N) is 1. The highest BCUT2D eigenvalue weighted by Gasteiger charge is 2.16. The lowest BCUT2D eigenvalue weighted by molar-refractivity contribution is 0.0939. The fraction of sp³-hybridized carbons (Fsp3) is 0.312. The molecule has 5 nitrogen and oxygen atoms in total. The minimum atomic E-state index is -0.562. The van der Waals surface area contributed by atoms with Gasteiger partial charge in [0.05, 0.1) is 25.9 Å². The molecule has 0 saturated carbocycles. The lowest BCUT2D eigenvalue weighted by Gasteiger charge is -2.13. The van der Waals surface area contributed by atoms with Gasteiger partial charge < -0.3 is 19.9 Å². The second kappa shape index (κ2) is 7.82. The quantitative estimate of drug-likeness (QED) is 0.822. The van der Waals surface area contributed by atoms with Gasteiger partial charge in [0, 0.05) is 11.4 Å². The van der Waals surface area contributed by atoms with Gasteiger partial charge >= 0.3 is 0 Å². The van der Waals surface area contributed by atoms with E-state index in [1.807, 2.05) is 17.5 Å². The van der Waals surface area contributed by atoms with Gasteiger partial charge in [-0.15, -0.1) is 11.3 Å². The molecule has 1 aromatic heterocycles. The Labute approximate surface area is 133 Å². The van der Waals surface area contributed by atoms with Gasteiger partial charge in [-0.05, 0) is 30.0 Å². The molecule has 2 aromatic rings. The van der Waals surface area contributed by atoms with E-state index in [2.05, 4.69) is 5.32 Å². The van der Waals surface area contributed by atoms with Crippen LogP contribution in [0, 0.1) is 0 Å². The van der Waals surface area contributed by atoms with Crippen LogP contribution in [0.3, 0.4) is 0 Å². The Hall–Kier alpha value is -2.05. The van der Waals surface area contributed by atoms with Crippen LogP contribution in [0.15, 0.2) is 35.7 Å². The van der Waals surface area contributed by atoms with Gasteiger partial charge in [0.1, 0.15) is 0 Å². The molecule has 0 bridgehead atoms. The Morgan fingerprint density at radius 2 is 2.09 bits per heavy atom. The number of ether oxygens (including phenoxy) is 2. The average Bonchev–Trinajstić information content (AvgIpc) is 3.08. The topological polar surface area (TPSA) is 67.8 Å². The van der Waals surface area contributed by atoms with Crippen LogP contribution in [-0.2, 0) is 0 Å². The molecule has 1 atom stereocenters. The Balaban J connectivity index is 1.95. The third-order valence-electron chi connectivity index (χ3n) is 3.22. The minimum absolute atomic E-state index is 0.255. The van der Waals surface area contributed by atoms with Crippen LogP contribution in [0.5, 0.6) is 11.5 Å². The number of carbonyl (C=O) groups excluding carboxylic acids is 1. The van der Waals surface area contributed by atoms with Crippen molar-refractivity contribution in [1.29, 1.82) is 0 Å². The standard InChI is InChI=1S/C16H19NO4S/c1-20-13-6-3-5-11(15(13)21-2)16(19)17-9-8-12(18)14-7-4-10-22-14/h3-7,10,12,18H,8-9H2,1-2H3,(H,17,19). The van der Waals surface area contributed by atoms with Crippen LogP contribution in [0.4, 0.5) is 0 Å². The minimum Gasteiger partial charge on any atom is -0.493 e. The smallest absolute Gasteiger partial charge is 0.255 e. The number of amides is 1. The van der Waals surface area contributed by atoms with Gasteiger partial charge in [0.15, 0.2) is 11.5 Å². The van der Waals surface area contributed by atoms with Crippen LogP contribution in [-0.4, -0.2) is 31.8 Å². The molecule has 1 amide bonds. The molecule has 1 heterocycles. The molecule has 1 aromatic carbocycles. The summed E-state index contributed by atoms with van der Waals surface area (Å²) in [5.74, 6) is 0.657. The molecule has 118 valence electrons. The molecule has 22 heavy (non-hydrogen) atoms. The van der Waals surface area contributed by atoms with Crippen molar-refractivity contribution in [2.24, 2.45) is 0 Å². The van der Waals surface area contributed by atoms with Crippen molar-refractivity contribution in [2.45, 2.75) is 12.5 Å². The summed E-state index contributed by atoms with van der Waals surface area (Å²) in [7, 11) is 3.02. The molecule has 6 heteroatoms. The zero-order chi connectivity index (χ0) is 15.9. The molecule has 0 fully saturated rings. The van der Waals surface area contributed by atoms with Gasteiger partial charge in [-0.3, -0.25) is 4.79 Å². The maximum Gasteiger partial charge on any atom is 0.255 e. The van der Waals surface area contributed by atoms with Crippen molar-refractivity contribution in [3.8, 4) is 11.5 Å². The fourth-order valence-electron chi connectivity index (χ4n) is 2.11. The number of methoxy groups -OCH3 is 2. The highest BCUT2D eigenvalue weighted by molar-refractivity contribution is 7.10. The second-order valence-electron chi connectivity index (χ2n) is 4.62. The van der Waals surface area contributed by atoms with Crippen LogP contribution in [0.25, 0.3) is 0 Å². The van der Waals surface area contributed by atoms with Crippen molar-refractivity contribution in [2.75, 3.05) is 20.8 Å². The SMILES string of the molecule is COc1cccc(C(=O)NCCC(O)c2cccs2)c1OC. The molecule has 0 aliphatic rings. The molecule has 0 saturated heterocycles. The first-order chi connectivity index (χ1) is 10.7. The molecule has 0 spiro atoms. The van der Waals surface area contributed by atoms with Gasteiger partial charge in [0.2, 0.25) is 0 Å². The van der Waals surface area contributed by atoms with Crippen molar-refractivity contribution < 1.29 is 19.4 Å². The number of thiophene rings is 1. The summed E-state index contributed by atoms with van der Waals surface area (Å²) in [5.41, 5.74) is 0.410. The molecule has 2 N–H and O–H groups in total. The fourth-order valence-corrected chi connectivity index (χ4v) is 2.85. The highest BCUT2D eigenvalue weighted by Crippen LogP contribution is 2.30. The van der Waals surface area contributed by atoms with Crippen molar-refractivity contribution >= 4 is 17.2 Å². The maximum absolute atomic E-state index is 12.2. The largest absolute Gasteiger partial charge is 0.493 e. The van der Waals surface area contributed by atoms with E-state index >= 15 is 0 Å². The normalized spacial score (nSPS) is 11.8. The van der Waals surface area contributed by atoms with Crippen molar-refractivity contribution in [3.63, 3.8) is 0 Å². The Kier molecular flexibility index (Phi) is 5.80. The second-order valence-corrected chi connectivity index (χ2v) is 5.60. The van der Waals surface area contributed by atoms with E-state index in [1.165, 1.54) is 25.6 Å². The number of para-hydroxylation sites is 1. The van der Waals surface area contributed by atoms with E-state index in [1.54, 1.807) is 18.2 Å². The van der Waals surface area contributed by atoms with E-state index in [0.29, 0.717) is 30.0 Å². The number of rotatable bonds is 7. The molecule has 1 unspecified atom stereocenters. The zero-order valence-corrected chi connectivity index (χ0v) is 13.4. The van der Waals surface area contributed by atoms with Gasteiger partial charge in [-0.25, -0.2) is 0 Å². The number of aliphatic hydroxyl groups excluding tert-OH is 1. The Bertz CT molecular complexity index is 613. The Morgan fingerprint density at radius 3 is 2.73 bits per heavy atom. The van der Waals surface area contributed by atoms with Crippen LogP contribution < -0.4 is 14.8 Å². The highest BCUT2D eigenvalue weighted by atomic mass is 32.1. The third-order valence-corrected chi connectivity index (χ3v) is 4.20. The first kappa shape index (κ1) is 16.3. The van der Waals surface area contributed by atoms with E-state index < -0.39 is 6.10 Å². The van der Waals surface area contributed by atoms with Crippen LogP contribution in [0.1, 0.15) is 27.8 Å².